The van der Waals surface area contributed by atoms with Gasteiger partial charge in [0.15, 0.2) is 0 Å². The maximum atomic E-state index is 12.9. The summed E-state index contributed by atoms with van der Waals surface area (Å²) in [4.78, 5) is 15.2. The Morgan fingerprint density at radius 2 is 1.81 bits per heavy atom. The molecule has 8 nitrogen and oxygen atoms in total. The van der Waals surface area contributed by atoms with Crippen LogP contribution in [0.2, 0.25) is 0 Å². The van der Waals surface area contributed by atoms with Crippen LogP contribution in [-0.4, -0.2) is 66.2 Å². The number of amides is 1. The average molecular weight is 462 g/mol. The molecule has 1 amide bonds. The lowest BCUT2D eigenvalue weighted by molar-refractivity contribution is 0.0937. The van der Waals surface area contributed by atoms with E-state index >= 15 is 0 Å². The van der Waals surface area contributed by atoms with Gasteiger partial charge in [0, 0.05) is 25.8 Å². The van der Waals surface area contributed by atoms with Crippen molar-refractivity contribution >= 4 is 15.9 Å². The number of likely N-dealkylation sites (tertiary alicyclic amines) is 1. The number of sulfonamides is 1. The zero-order valence-electron chi connectivity index (χ0n) is 18.5. The Bertz CT molecular complexity index is 992. The minimum absolute atomic E-state index is 0.0693. The van der Waals surface area contributed by atoms with Crippen molar-refractivity contribution in [2.75, 3.05) is 47.0 Å². The third kappa shape index (κ3) is 6.07. The van der Waals surface area contributed by atoms with Gasteiger partial charge in [-0.1, -0.05) is 30.3 Å². The highest BCUT2D eigenvalue weighted by Crippen LogP contribution is 2.26. The van der Waals surface area contributed by atoms with Gasteiger partial charge in [0.2, 0.25) is 10.0 Å². The predicted molar refractivity (Wildman–Crippen MR) is 122 cm³/mol. The number of nitrogens with one attached hydrogen (secondary N) is 2. The summed E-state index contributed by atoms with van der Waals surface area (Å²) in [5, 5.41) is 2.99. The summed E-state index contributed by atoms with van der Waals surface area (Å²) in [7, 11) is -0.978. The monoisotopic (exact) mass is 461 g/mol. The normalized spacial score (nSPS) is 15.4. The highest BCUT2D eigenvalue weighted by Gasteiger charge is 2.25. The fourth-order valence-corrected chi connectivity index (χ4v) is 5.07. The maximum Gasteiger partial charge on any atom is 0.251 e. The summed E-state index contributed by atoms with van der Waals surface area (Å²) in [6, 6.07) is 14.6. The van der Waals surface area contributed by atoms with Crippen molar-refractivity contribution in [3.63, 3.8) is 0 Å². The van der Waals surface area contributed by atoms with Gasteiger partial charge in [-0.15, -0.1) is 0 Å². The molecule has 1 aliphatic heterocycles. The number of nitrogens with zero attached hydrogens (tertiary/aromatic N) is 1. The van der Waals surface area contributed by atoms with Crippen LogP contribution in [-0.2, 0) is 14.8 Å². The van der Waals surface area contributed by atoms with Crippen molar-refractivity contribution in [3.05, 3.63) is 59.7 Å². The van der Waals surface area contributed by atoms with Gasteiger partial charge in [0.25, 0.3) is 5.91 Å². The van der Waals surface area contributed by atoms with E-state index in [0.29, 0.717) is 6.54 Å². The van der Waals surface area contributed by atoms with E-state index < -0.39 is 10.0 Å². The zero-order valence-corrected chi connectivity index (χ0v) is 19.4. The smallest absolute Gasteiger partial charge is 0.251 e. The molecule has 2 aromatic carbocycles. The van der Waals surface area contributed by atoms with Crippen molar-refractivity contribution in [3.8, 4) is 5.75 Å². The molecule has 1 saturated heterocycles. The summed E-state index contributed by atoms with van der Waals surface area (Å²) in [5.74, 6) is -0.160. The van der Waals surface area contributed by atoms with Crippen molar-refractivity contribution in [1.82, 2.24) is 14.9 Å². The molecule has 3 rings (SSSR count). The number of hydrogen-bond donors (Lipinski definition) is 2. The number of carbonyl (C=O) groups excluding carboxylic acids is 1. The van der Waals surface area contributed by atoms with Crippen LogP contribution >= 0.6 is 0 Å². The predicted octanol–water partition coefficient (Wildman–Crippen LogP) is 2.19. The quantitative estimate of drug-likeness (QED) is 0.498. The van der Waals surface area contributed by atoms with Gasteiger partial charge in [0.1, 0.15) is 10.6 Å². The number of carbonyl (C=O) groups is 1. The van der Waals surface area contributed by atoms with Crippen LogP contribution < -0.4 is 14.8 Å². The second kappa shape index (κ2) is 11.4. The first-order chi connectivity index (χ1) is 15.5. The molecule has 1 heterocycles. The van der Waals surface area contributed by atoms with Crippen LogP contribution in [0.3, 0.4) is 0 Å². The molecular weight excluding hydrogens is 430 g/mol. The first-order valence-corrected chi connectivity index (χ1v) is 12.2. The van der Waals surface area contributed by atoms with Gasteiger partial charge in [0.05, 0.1) is 19.8 Å². The Morgan fingerprint density at radius 3 is 2.47 bits per heavy atom. The molecule has 1 aliphatic rings. The van der Waals surface area contributed by atoms with Crippen molar-refractivity contribution in [2.45, 2.75) is 23.8 Å². The summed E-state index contributed by atoms with van der Waals surface area (Å²) in [5.41, 5.74) is 1.40. The van der Waals surface area contributed by atoms with Crippen LogP contribution in [0.25, 0.3) is 0 Å². The number of rotatable bonds is 11. The molecule has 0 aliphatic carbocycles. The molecule has 1 unspecified atom stereocenters. The maximum absolute atomic E-state index is 12.9. The minimum atomic E-state index is -3.86. The van der Waals surface area contributed by atoms with Gasteiger partial charge in [-0.05, 0) is 49.7 Å². The fraction of sp³-hybridized carbons (Fsp3) is 0.435. The summed E-state index contributed by atoms with van der Waals surface area (Å²) >= 11 is 0. The summed E-state index contributed by atoms with van der Waals surface area (Å²) in [6.45, 7) is 2.77. The Hall–Kier alpha value is -2.46. The van der Waals surface area contributed by atoms with Crippen LogP contribution in [0.15, 0.2) is 53.4 Å². The van der Waals surface area contributed by atoms with Crippen LogP contribution in [0.4, 0.5) is 0 Å². The fourth-order valence-electron chi connectivity index (χ4n) is 3.86. The Kier molecular flexibility index (Phi) is 8.63. The summed E-state index contributed by atoms with van der Waals surface area (Å²) < 4.78 is 38.0. The third-order valence-corrected chi connectivity index (χ3v) is 7.02. The molecule has 32 heavy (non-hydrogen) atoms. The number of methoxy groups -OCH3 is 2. The van der Waals surface area contributed by atoms with E-state index in [-0.39, 0.29) is 41.3 Å². The van der Waals surface area contributed by atoms with Gasteiger partial charge in [-0.3, -0.25) is 9.69 Å². The molecule has 2 N–H and O–H groups in total. The standard InChI is InChI=1S/C23H31N3O5S/c1-30-15-12-25-32(28,29)22-16-19(10-11-21(22)31-2)23(27)24-17-20(26-13-6-7-14-26)18-8-4-3-5-9-18/h3-5,8-11,16,20,25H,6-7,12-15,17H2,1-2H3,(H,24,27). The molecule has 0 saturated carbocycles. The molecule has 0 aromatic heterocycles. The van der Waals surface area contributed by atoms with E-state index in [0.717, 1.165) is 31.5 Å². The molecule has 1 fully saturated rings. The molecule has 2 aromatic rings. The van der Waals surface area contributed by atoms with E-state index in [1.54, 1.807) is 6.07 Å². The molecule has 0 radical (unpaired) electrons. The average Bonchev–Trinajstić information content (AvgIpc) is 3.34. The van der Waals surface area contributed by atoms with Crippen LogP contribution in [0, 0.1) is 0 Å². The third-order valence-electron chi connectivity index (χ3n) is 5.54. The zero-order chi connectivity index (χ0) is 23.0. The van der Waals surface area contributed by atoms with Crippen LogP contribution in [0.1, 0.15) is 34.8 Å². The van der Waals surface area contributed by atoms with Crippen LogP contribution in [0.5, 0.6) is 5.75 Å². The lowest BCUT2D eigenvalue weighted by Crippen LogP contribution is -2.37. The second-order valence-corrected chi connectivity index (χ2v) is 9.37. The van der Waals surface area contributed by atoms with Gasteiger partial charge in [-0.25, -0.2) is 13.1 Å². The van der Waals surface area contributed by atoms with Crippen molar-refractivity contribution in [2.24, 2.45) is 0 Å². The Balaban J connectivity index is 1.76. The Labute approximate surface area is 190 Å². The van der Waals surface area contributed by atoms with E-state index in [4.69, 9.17) is 9.47 Å². The lowest BCUT2D eigenvalue weighted by atomic mass is 10.1. The van der Waals surface area contributed by atoms with Gasteiger partial charge < -0.3 is 14.8 Å². The highest BCUT2D eigenvalue weighted by molar-refractivity contribution is 7.89. The molecule has 9 heteroatoms. The first-order valence-electron chi connectivity index (χ1n) is 10.7. The minimum Gasteiger partial charge on any atom is -0.495 e. The van der Waals surface area contributed by atoms with E-state index in [2.05, 4.69) is 27.1 Å². The Morgan fingerprint density at radius 1 is 1.09 bits per heavy atom. The topological polar surface area (TPSA) is 97.0 Å². The SMILES string of the molecule is COCCNS(=O)(=O)c1cc(C(=O)NCC(c2ccccc2)N2CCCC2)ccc1OC. The number of benzene rings is 2. The van der Waals surface area contributed by atoms with Gasteiger partial charge >= 0.3 is 0 Å². The molecular formula is C23H31N3O5S. The van der Waals surface area contributed by atoms with E-state index in [1.165, 1.54) is 26.4 Å². The number of ether oxygens (including phenoxy) is 2. The summed E-state index contributed by atoms with van der Waals surface area (Å²) in [6.07, 6.45) is 2.29. The van der Waals surface area contributed by atoms with E-state index in [9.17, 15) is 13.2 Å². The van der Waals surface area contributed by atoms with Crippen molar-refractivity contribution in [1.29, 1.82) is 0 Å². The highest BCUT2D eigenvalue weighted by atomic mass is 32.2. The molecule has 1 atom stereocenters. The lowest BCUT2D eigenvalue weighted by Gasteiger charge is -2.28. The molecule has 0 bridgehead atoms. The first kappa shape index (κ1) is 24.2. The largest absolute Gasteiger partial charge is 0.495 e. The van der Waals surface area contributed by atoms with E-state index in [1.807, 2.05) is 18.2 Å². The van der Waals surface area contributed by atoms with Gasteiger partial charge in [-0.2, -0.15) is 0 Å². The molecule has 0 spiro atoms. The second-order valence-electron chi connectivity index (χ2n) is 7.64. The van der Waals surface area contributed by atoms with Crippen molar-refractivity contribution < 1.29 is 22.7 Å². The number of hydrogen-bond acceptors (Lipinski definition) is 6. The molecule has 174 valence electrons.